The van der Waals surface area contributed by atoms with E-state index in [1.807, 2.05) is 0 Å². The predicted octanol–water partition coefficient (Wildman–Crippen LogP) is -1.30. The van der Waals surface area contributed by atoms with Crippen LogP contribution in [0.3, 0.4) is 0 Å². The second kappa shape index (κ2) is 5.07. The molecule has 10 heteroatoms. The lowest BCUT2D eigenvalue weighted by molar-refractivity contribution is -0.141. The van der Waals surface area contributed by atoms with E-state index in [1.54, 1.807) is 0 Å². The Kier molecular flexibility index (Phi) is 3.46. The summed E-state index contributed by atoms with van der Waals surface area (Å²) in [5, 5.41) is 5.13. The molecule has 2 aliphatic rings. The zero-order valence-electron chi connectivity index (χ0n) is 11.6. The molecule has 1 unspecified atom stereocenters. The number of ether oxygens (including phenoxy) is 1. The van der Waals surface area contributed by atoms with Crippen LogP contribution in [0, 0.1) is 0 Å². The summed E-state index contributed by atoms with van der Waals surface area (Å²) in [7, 11) is -4.16. The van der Waals surface area contributed by atoms with Gasteiger partial charge in [-0.05, 0) is 24.5 Å². The van der Waals surface area contributed by atoms with Crippen LogP contribution in [-0.2, 0) is 19.7 Å². The number of aromatic nitrogens is 1. The Morgan fingerprint density at radius 1 is 1.32 bits per heavy atom. The van der Waals surface area contributed by atoms with Gasteiger partial charge in [0.15, 0.2) is 0 Å². The van der Waals surface area contributed by atoms with Gasteiger partial charge < -0.3 is 9.64 Å². The van der Waals surface area contributed by atoms with Gasteiger partial charge in [-0.25, -0.2) is 13.9 Å². The van der Waals surface area contributed by atoms with Gasteiger partial charge in [0, 0.05) is 25.2 Å². The minimum Gasteiger partial charge on any atom is -0.432 e. The average molecular weight is 328 g/mol. The molecule has 2 aliphatic heterocycles. The van der Waals surface area contributed by atoms with Gasteiger partial charge in [-0.15, -0.1) is 0 Å². The van der Waals surface area contributed by atoms with Crippen LogP contribution >= 0.6 is 0 Å². The van der Waals surface area contributed by atoms with Gasteiger partial charge in [-0.1, -0.05) is 0 Å². The molecule has 2 atom stereocenters. The number of hydrogen-bond acceptors (Lipinski definition) is 6. The number of piperidine rings is 1. The van der Waals surface area contributed by atoms with E-state index >= 15 is 0 Å². The number of esters is 1. The molecule has 1 fully saturated rings. The first kappa shape index (κ1) is 15.0. The second-order valence-electron chi connectivity index (χ2n) is 5.41. The molecule has 0 saturated carbocycles. The molecule has 1 aromatic rings. The van der Waals surface area contributed by atoms with Crippen LogP contribution in [0.2, 0.25) is 0 Å². The summed E-state index contributed by atoms with van der Waals surface area (Å²) < 4.78 is 28.9. The van der Waals surface area contributed by atoms with E-state index in [1.165, 1.54) is 17.2 Å². The maximum Gasteiger partial charge on any atom is 0.358 e. The number of nitrogens with two attached hydrogens (primary N) is 2. The lowest BCUT2D eigenvalue weighted by atomic mass is 9.90. The highest BCUT2D eigenvalue weighted by Gasteiger charge is 2.37. The normalized spacial score (nSPS) is 25.8. The third-order valence-corrected chi connectivity index (χ3v) is 4.85. The minimum absolute atomic E-state index is 0.159. The van der Waals surface area contributed by atoms with Gasteiger partial charge >= 0.3 is 16.2 Å². The molecule has 0 aliphatic carbocycles. The number of carbonyl (C=O) groups is 2. The molecule has 0 spiro atoms. The smallest absolute Gasteiger partial charge is 0.358 e. The van der Waals surface area contributed by atoms with Gasteiger partial charge in [-0.3, -0.25) is 10.5 Å². The van der Waals surface area contributed by atoms with Crippen LogP contribution in [0.25, 0.3) is 0 Å². The van der Waals surface area contributed by atoms with E-state index in [0.717, 1.165) is 12.8 Å². The molecule has 3 rings (SSSR count). The van der Waals surface area contributed by atoms with Gasteiger partial charge in [0.1, 0.15) is 5.69 Å². The maximum absolute atomic E-state index is 12.3. The molecule has 120 valence electrons. The topological polar surface area (TPSA) is 138 Å². The first-order chi connectivity index (χ1) is 10.3. The van der Waals surface area contributed by atoms with E-state index in [2.05, 4.69) is 0 Å². The number of carbonyl (C=O) groups excluding carboxylic acids is 2. The molecule has 2 bridgehead atoms. The molecule has 22 heavy (non-hydrogen) atoms. The number of hydrogen-bond donors (Lipinski definition) is 2. The molecule has 0 radical (unpaired) electrons. The molecule has 1 amide bonds. The SMILES string of the molecule is N[C@H]1OC(=O)c2c(ccn2S(N)(=O)=O)C2CCCN(C2)C1=O. The summed E-state index contributed by atoms with van der Waals surface area (Å²) in [6.45, 7) is 0.899. The molecule has 9 nitrogen and oxygen atoms in total. The van der Waals surface area contributed by atoms with Crippen molar-refractivity contribution in [2.75, 3.05) is 13.1 Å². The van der Waals surface area contributed by atoms with Crippen LogP contribution in [0.15, 0.2) is 12.3 Å². The van der Waals surface area contributed by atoms with Crippen LogP contribution < -0.4 is 10.9 Å². The number of cyclic esters (lactones) is 1. The molecule has 1 aromatic heterocycles. The Morgan fingerprint density at radius 2 is 2.05 bits per heavy atom. The Morgan fingerprint density at radius 3 is 2.73 bits per heavy atom. The third kappa shape index (κ3) is 2.38. The summed E-state index contributed by atoms with van der Waals surface area (Å²) in [6.07, 6.45) is 1.22. The lowest BCUT2D eigenvalue weighted by Gasteiger charge is -2.32. The standard InChI is InChI=1S/C12H16N4O5S/c13-10-11(17)15-4-1-2-7(6-15)8-3-5-16(22(14,19)20)9(8)12(18)21-10/h3,5,7,10H,1-2,4,6,13H2,(H2,14,19,20)/t7?,10-/m0/s1. The lowest BCUT2D eigenvalue weighted by Crippen LogP contribution is -2.48. The van der Waals surface area contributed by atoms with Crippen molar-refractivity contribution in [2.45, 2.75) is 25.0 Å². The highest BCUT2D eigenvalue weighted by Crippen LogP contribution is 2.32. The molecule has 4 N–H and O–H groups in total. The van der Waals surface area contributed by atoms with Gasteiger partial charge in [-0.2, -0.15) is 8.42 Å². The fourth-order valence-corrected chi connectivity index (χ4v) is 3.68. The predicted molar refractivity (Wildman–Crippen MR) is 74.9 cm³/mol. The van der Waals surface area contributed by atoms with Crippen molar-refractivity contribution in [1.82, 2.24) is 8.87 Å². The first-order valence-electron chi connectivity index (χ1n) is 6.79. The Hall–Kier alpha value is -1.91. The van der Waals surface area contributed by atoms with Gasteiger partial charge in [0.2, 0.25) is 6.23 Å². The van der Waals surface area contributed by atoms with Crippen molar-refractivity contribution in [3.05, 3.63) is 23.5 Å². The quantitative estimate of drug-likeness (QED) is 0.615. The van der Waals surface area contributed by atoms with Crippen LogP contribution in [-0.4, -0.2) is 48.5 Å². The van der Waals surface area contributed by atoms with Crippen molar-refractivity contribution in [2.24, 2.45) is 10.9 Å². The van der Waals surface area contributed by atoms with Gasteiger partial charge in [0.05, 0.1) is 0 Å². The first-order valence-corrected chi connectivity index (χ1v) is 8.29. The van der Waals surface area contributed by atoms with Crippen molar-refractivity contribution in [1.29, 1.82) is 0 Å². The van der Waals surface area contributed by atoms with E-state index in [0.29, 0.717) is 22.6 Å². The minimum atomic E-state index is -4.16. The van der Waals surface area contributed by atoms with Crippen LogP contribution in [0.4, 0.5) is 0 Å². The average Bonchev–Trinajstić information content (AvgIpc) is 2.91. The van der Waals surface area contributed by atoms with E-state index in [9.17, 15) is 18.0 Å². The summed E-state index contributed by atoms with van der Waals surface area (Å²) in [5.41, 5.74) is 5.93. The molecular weight excluding hydrogens is 312 g/mol. The molecule has 3 heterocycles. The molecular formula is C12H16N4O5S. The number of amides is 1. The summed E-state index contributed by atoms with van der Waals surface area (Å²) >= 11 is 0. The zero-order valence-corrected chi connectivity index (χ0v) is 12.5. The summed E-state index contributed by atoms with van der Waals surface area (Å²) in [5.74, 6) is -1.61. The van der Waals surface area contributed by atoms with Crippen molar-refractivity contribution < 1.29 is 22.7 Å². The fourth-order valence-electron chi connectivity index (χ4n) is 3.01. The van der Waals surface area contributed by atoms with Crippen LogP contribution in [0.5, 0.6) is 0 Å². The Labute approximate surface area is 127 Å². The van der Waals surface area contributed by atoms with Crippen LogP contribution in [0.1, 0.15) is 34.8 Å². The van der Waals surface area contributed by atoms with Crippen molar-refractivity contribution in [3.8, 4) is 0 Å². The highest BCUT2D eigenvalue weighted by molar-refractivity contribution is 7.87. The summed E-state index contributed by atoms with van der Waals surface area (Å²) in [6, 6.07) is 1.52. The number of nitrogens with zero attached hydrogens (tertiary/aromatic N) is 2. The Balaban J connectivity index is 2.16. The van der Waals surface area contributed by atoms with E-state index in [-0.39, 0.29) is 11.6 Å². The third-order valence-electron chi connectivity index (χ3n) is 4.00. The van der Waals surface area contributed by atoms with Crippen molar-refractivity contribution in [3.63, 3.8) is 0 Å². The molecule has 0 aromatic carbocycles. The molecule has 1 saturated heterocycles. The zero-order chi connectivity index (χ0) is 16.1. The van der Waals surface area contributed by atoms with Gasteiger partial charge in [0.25, 0.3) is 5.91 Å². The Bertz CT molecular complexity index is 741. The monoisotopic (exact) mass is 328 g/mol. The van der Waals surface area contributed by atoms with E-state index < -0.39 is 28.3 Å². The highest BCUT2D eigenvalue weighted by atomic mass is 32.2. The van der Waals surface area contributed by atoms with Crippen molar-refractivity contribution >= 4 is 22.1 Å². The number of rotatable bonds is 1. The maximum atomic E-state index is 12.3. The van der Waals surface area contributed by atoms with E-state index in [4.69, 9.17) is 15.6 Å². The summed E-state index contributed by atoms with van der Waals surface area (Å²) in [4.78, 5) is 25.9. The second-order valence-corrected chi connectivity index (χ2v) is 6.83. The fraction of sp³-hybridized carbons (Fsp3) is 0.500. The largest absolute Gasteiger partial charge is 0.432 e. The number of fused-ring (bicyclic) bond motifs is 4.